The molecule has 1 aliphatic rings. The number of rotatable bonds is 9. The predicted octanol–water partition coefficient (Wildman–Crippen LogP) is 8.50. The van der Waals surface area contributed by atoms with Gasteiger partial charge in [0.15, 0.2) is 4.80 Å². The summed E-state index contributed by atoms with van der Waals surface area (Å²) in [6.45, 7) is 6.50. The third-order valence-electron chi connectivity index (χ3n) is 7.95. The maximum Gasteiger partial charge on any atom is 0.338 e. The molecule has 0 aliphatic carbocycles. The van der Waals surface area contributed by atoms with Gasteiger partial charge in [-0.1, -0.05) is 110 Å². The van der Waals surface area contributed by atoms with E-state index in [1.807, 2.05) is 84.9 Å². The van der Waals surface area contributed by atoms with Crippen LogP contribution in [0.5, 0.6) is 5.75 Å². The first-order valence-corrected chi connectivity index (χ1v) is 18.7. The van der Waals surface area contributed by atoms with Crippen molar-refractivity contribution in [3.8, 4) is 5.75 Å². The van der Waals surface area contributed by atoms with Crippen molar-refractivity contribution in [2.45, 2.75) is 39.3 Å². The first-order chi connectivity index (χ1) is 23.2. The largest absolute Gasteiger partial charge is 0.487 e. The van der Waals surface area contributed by atoms with Crippen molar-refractivity contribution < 1.29 is 14.3 Å². The van der Waals surface area contributed by atoms with Gasteiger partial charge < -0.3 is 9.47 Å². The lowest BCUT2D eigenvalue weighted by Gasteiger charge is -2.26. The monoisotopic (exact) mass is 900 g/mol. The maximum absolute atomic E-state index is 14.5. The van der Waals surface area contributed by atoms with Gasteiger partial charge in [0.05, 0.1) is 32.0 Å². The zero-order valence-electron chi connectivity index (χ0n) is 26.4. The Morgan fingerprint density at radius 3 is 2.42 bits per heavy atom. The number of fused-ring (bicyclic) bond motifs is 1. The molecule has 0 bridgehead atoms. The standard InChI is InChI=1S/C38H31ClI2N2O4S/c1-4-46-37(45)32-33(24-10-6-5-7-11-24)42-38-43(34(32)25-16-14-23(15-17-25)22(2)3)36(44)31(48-38)19-27-18-28(40)20-30(41)35(27)47-21-26-12-8-9-13-29(26)39/h5-20,22,34H,4,21H2,1-3H3/b31-19-/t34-/m0/s1. The Hall–Kier alpha value is -3.26. The molecule has 2 heterocycles. The minimum absolute atomic E-state index is 0.191. The van der Waals surface area contributed by atoms with E-state index in [0.29, 0.717) is 37.3 Å². The summed E-state index contributed by atoms with van der Waals surface area (Å²) in [5, 5.41) is 0.626. The molecule has 1 aromatic heterocycles. The Morgan fingerprint density at radius 2 is 1.73 bits per heavy atom. The fourth-order valence-corrected chi connectivity index (χ4v) is 8.79. The van der Waals surface area contributed by atoms with E-state index in [9.17, 15) is 9.59 Å². The van der Waals surface area contributed by atoms with Gasteiger partial charge in [-0.05, 0) is 93.4 Å². The smallest absolute Gasteiger partial charge is 0.338 e. The second kappa shape index (κ2) is 15.1. The Labute approximate surface area is 315 Å². The summed E-state index contributed by atoms with van der Waals surface area (Å²) in [6.07, 6.45) is 1.85. The highest BCUT2D eigenvalue weighted by atomic mass is 127. The zero-order chi connectivity index (χ0) is 33.9. The van der Waals surface area contributed by atoms with E-state index in [-0.39, 0.29) is 18.8 Å². The van der Waals surface area contributed by atoms with Crippen molar-refractivity contribution >= 4 is 85.9 Å². The molecular weight excluding hydrogens is 870 g/mol. The van der Waals surface area contributed by atoms with E-state index in [2.05, 4.69) is 71.2 Å². The average Bonchev–Trinajstić information content (AvgIpc) is 3.38. The van der Waals surface area contributed by atoms with Crippen LogP contribution in [0.4, 0.5) is 0 Å². The molecule has 0 N–H and O–H groups in total. The summed E-state index contributed by atoms with van der Waals surface area (Å²) >= 11 is 12.2. The number of nitrogens with zero attached hydrogens (tertiary/aromatic N) is 2. The summed E-state index contributed by atoms with van der Waals surface area (Å²) in [7, 11) is 0. The number of ether oxygens (including phenoxy) is 2. The van der Waals surface area contributed by atoms with Crippen LogP contribution in [0.2, 0.25) is 5.02 Å². The van der Waals surface area contributed by atoms with Crippen LogP contribution in [0.1, 0.15) is 60.5 Å². The molecule has 1 aliphatic heterocycles. The van der Waals surface area contributed by atoms with Gasteiger partial charge in [0.2, 0.25) is 0 Å². The van der Waals surface area contributed by atoms with Gasteiger partial charge in [-0.3, -0.25) is 9.36 Å². The fourth-order valence-electron chi connectivity index (χ4n) is 5.57. The van der Waals surface area contributed by atoms with E-state index in [1.165, 1.54) is 11.3 Å². The molecule has 244 valence electrons. The van der Waals surface area contributed by atoms with Crippen molar-refractivity contribution in [3.05, 3.63) is 156 Å². The van der Waals surface area contributed by atoms with E-state index in [1.54, 1.807) is 11.5 Å². The van der Waals surface area contributed by atoms with Crippen molar-refractivity contribution in [2.24, 2.45) is 4.99 Å². The number of carbonyl (C=O) groups excluding carboxylic acids is 1. The van der Waals surface area contributed by atoms with E-state index in [0.717, 1.165) is 35.0 Å². The predicted molar refractivity (Wildman–Crippen MR) is 209 cm³/mol. The summed E-state index contributed by atoms with van der Waals surface area (Å²) in [5.74, 6) is 0.473. The van der Waals surface area contributed by atoms with Gasteiger partial charge in [0.1, 0.15) is 12.4 Å². The van der Waals surface area contributed by atoms with Gasteiger partial charge in [-0.15, -0.1) is 0 Å². The number of esters is 1. The third-order valence-corrected chi connectivity index (χ3v) is 10.7. The maximum atomic E-state index is 14.5. The molecule has 4 aromatic carbocycles. The number of aromatic nitrogens is 1. The molecule has 0 saturated carbocycles. The van der Waals surface area contributed by atoms with Crippen LogP contribution in [-0.2, 0) is 16.1 Å². The Balaban J connectivity index is 1.56. The second-order valence-corrected chi connectivity index (χ2v) is 15.3. The lowest BCUT2D eigenvalue weighted by molar-refractivity contribution is -0.138. The highest BCUT2D eigenvalue weighted by molar-refractivity contribution is 14.1. The average molecular weight is 901 g/mol. The molecule has 5 aromatic rings. The van der Waals surface area contributed by atoms with E-state index >= 15 is 0 Å². The second-order valence-electron chi connectivity index (χ2n) is 11.4. The molecule has 48 heavy (non-hydrogen) atoms. The SMILES string of the molecule is CCOC(=O)C1=C(c2ccccc2)N=c2s/c(=C\c3cc(I)cc(I)c3OCc3ccccc3Cl)c(=O)n2[C@H]1c1ccc(C(C)C)cc1. The van der Waals surface area contributed by atoms with Crippen LogP contribution < -0.4 is 19.6 Å². The number of carbonyl (C=O) groups is 1. The zero-order valence-corrected chi connectivity index (χ0v) is 32.3. The van der Waals surface area contributed by atoms with Crippen LogP contribution >= 0.6 is 68.1 Å². The number of thiazole rings is 1. The van der Waals surface area contributed by atoms with Crippen molar-refractivity contribution in [1.82, 2.24) is 4.57 Å². The Morgan fingerprint density at radius 1 is 1.02 bits per heavy atom. The molecule has 0 amide bonds. The van der Waals surface area contributed by atoms with Gasteiger partial charge in [-0.25, -0.2) is 9.79 Å². The summed E-state index contributed by atoms with van der Waals surface area (Å²) in [6, 6.07) is 28.5. The minimum atomic E-state index is -0.745. The molecule has 6 nitrogen and oxygen atoms in total. The highest BCUT2D eigenvalue weighted by Crippen LogP contribution is 2.36. The summed E-state index contributed by atoms with van der Waals surface area (Å²) < 4.78 is 16.0. The molecule has 0 spiro atoms. The first-order valence-electron chi connectivity index (χ1n) is 15.4. The van der Waals surface area contributed by atoms with Gasteiger partial charge in [-0.2, -0.15) is 0 Å². The number of benzene rings is 4. The summed E-state index contributed by atoms with van der Waals surface area (Å²) in [5.41, 5.74) is 4.91. The molecule has 10 heteroatoms. The Kier molecular flexibility index (Phi) is 10.9. The van der Waals surface area contributed by atoms with E-state index in [4.69, 9.17) is 26.1 Å². The number of hydrogen-bond donors (Lipinski definition) is 0. The van der Waals surface area contributed by atoms with Crippen LogP contribution in [0, 0.1) is 7.14 Å². The number of hydrogen-bond acceptors (Lipinski definition) is 6. The van der Waals surface area contributed by atoms with E-state index < -0.39 is 12.0 Å². The van der Waals surface area contributed by atoms with Gasteiger partial charge >= 0.3 is 5.97 Å². The van der Waals surface area contributed by atoms with Gasteiger partial charge in [0.25, 0.3) is 5.56 Å². The van der Waals surface area contributed by atoms with Crippen molar-refractivity contribution in [1.29, 1.82) is 0 Å². The lowest BCUT2D eigenvalue weighted by Crippen LogP contribution is -2.40. The van der Waals surface area contributed by atoms with Crippen LogP contribution in [0.25, 0.3) is 11.8 Å². The molecule has 0 fully saturated rings. The third kappa shape index (κ3) is 7.19. The molecule has 0 unspecified atom stereocenters. The molecule has 1 atom stereocenters. The van der Waals surface area contributed by atoms with Gasteiger partial charge in [0, 0.05) is 25.3 Å². The first kappa shape index (κ1) is 34.6. The fraction of sp³-hybridized carbons (Fsp3) is 0.184. The topological polar surface area (TPSA) is 69.9 Å². The normalized spacial score (nSPS) is 14.6. The lowest BCUT2D eigenvalue weighted by atomic mass is 9.91. The number of halogens is 3. The molecule has 0 saturated heterocycles. The minimum Gasteiger partial charge on any atom is -0.487 e. The summed E-state index contributed by atoms with van der Waals surface area (Å²) in [4.78, 5) is 33.8. The van der Waals surface area contributed by atoms with Crippen LogP contribution in [0.3, 0.4) is 0 Å². The quantitative estimate of drug-likeness (QED) is 0.110. The molecular formula is C38H31ClI2N2O4S. The highest BCUT2D eigenvalue weighted by Gasteiger charge is 2.35. The molecule has 6 rings (SSSR count). The van der Waals surface area contributed by atoms with Crippen molar-refractivity contribution in [2.75, 3.05) is 6.61 Å². The van der Waals surface area contributed by atoms with Crippen molar-refractivity contribution in [3.63, 3.8) is 0 Å². The van der Waals surface area contributed by atoms with Crippen LogP contribution in [-0.4, -0.2) is 17.1 Å². The van der Waals surface area contributed by atoms with Crippen LogP contribution in [0.15, 0.2) is 106 Å². The Bertz CT molecular complexity index is 2210. The molecule has 0 radical (unpaired) electrons.